The van der Waals surface area contributed by atoms with E-state index >= 15 is 0 Å². The van der Waals surface area contributed by atoms with Crippen molar-refractivity contribution in [3.05, 3.63) is 24.0 Å². The molecule has 0 atom stereocenters. The molecule has 1 aromatic rings. The summed E-state index contributed by atoms with van der Waals surface area (Å²) in [6.45, 7) is 1.89. The zero-order valence-corrected chi connectivity index (χ0v) is 10.6. The molecule has 1 aromatic heterocycles. The Kier molecular flexibility index (Phi) is 5.42. The molecule has 0 fully saturated rings. The molecule has 0 aliphatic rings. The van der Waals surface area contributed by atoms with Crippen LogP contribution >= 0.6 is 0 Å². The molecule has 0 spiro atoms. The number of esters is 1. The molecule has 0 saturated heterocycles. The lowest BCUT2D eigenvalue weighted by Gasteiger charge is -2.19. The quantitative estimate of drug-likeness (QED) is 0.589. The Bertz CT molecular complexity index is 369. The summed E-state index contributed by atoms with van der Waals surface area (Å²) < 4.78 is 4.64. The van der Waals surface area contributed by atoms with Crippen LogP contribution in [0.15, 0.2) is 18.3 Å². The molecule has 17 heavy (non-hydrogen) atoms. The van der Waals surface area contributed by atoms with E-state index in [0.717, 1.165) is 25.2 Å². The number of hydrogen-bond donors (Lipinski definition) is 1. The predicted molar refractivity (Wildman–Crippen MR) is 67.4 cm³/mol. The van der Waals surface area contributed by atoms with Crippen molar-refractivity contribution >= 4 is 11.7 Å². The number of aromatic nitrogens is 1. The van der Waals surface area contributed by atoms with Crippen molar-refractivity contribution in [2.75, 3.05) is 39.2 Å². The number of carbonyl (C=O) groups is 1. The first-order valence-electron chi connectivity index (χ1n) is 5.59. The summed E-state index contributed by atoms with van der Waals surface area (Å²) in [4.78, 5) is 17.4. The van der Waals surface area contributed by atoms with Gasteiger partial charge in [0, 0.05) is 25.5 Å². The standard InChI is InChI=1S/C12H19N3O2/c1-13-6-4-8-15(2)10-5-7-14-11(9-10)12(16)17-3/h5,7,9,13H,4,6,8H2,1-3H3. The minimum Gasteiger partial charge on any atom is -0.464 e. The normalized spacial score (nSPS) is 10.1. The largest absolute Gasteiger partial charge is 0.464 e. The summed E-state index contributed by atoms with van der Waals surface area (Å²) in [5, 5.41) is 3.10. The van der Waals surface area contributed by atoms with Gasteiger partial charge in [-0.1, -0.05) is 0 Å². The Morgan fingerprint density at radius 1 is 1.59 bits per heavy atom. The monoisotopic (exact) mass is 237 g/mol. The third-order valence-electron chi connectivity index (χ3n) is 2.50. The first-order chi connectivity index (χ1) is 8.19. The van der Waals surface area contributed by atoms with Gasteiger partial charge in [-0.3, -0.25) is 0 Å². The maximum Gasteiger partial charge on any atom is 0.356 e. The molecule has 94 valence electrons. The fourth-order valence-corrected chi connectivity index (χ4v) is 1.50. The van der Waals surface area contributed by atoms with Crippen LogP contribution in [0.1, 0.15) is 16.9 Å². The van der Waals surface area contributed by atoms with Crippen molar-refractivity contribution in [2.45, 2.75) is 6.42 Å². The number of nitrogens with one attached hydrogen (secondary N) is 1. The summed E-state index contributed by atoms with van der Waals surface area (Å²) >= 11 is 0. The SMILES string of the molecule is CNCCCN(C)c1ccnc(C(=O)OC)c1. The average molecular weight is 237 g/mol. The molecule has 0 aromatic carbocycles. The molecule has 0 saturated carbocycles. The van der Waals surface area contributed by atoms with Crippen molar-refractivity contribution in [3.63, 3.8) is 0 Å². The lowest BCUT2D eigenvalue weighted by atomic mass is 10.3. The van der Waals surface area contributed by atoms with E-state index in [4.69, 9.17) is 0 Å². The van der Waals surface area contributed by atoms with Crippen LogP contribution in [-0.4, -0.2) is 45.2 Å². The van der Waals surface area contributed by atoms with Crippen LogP contribution in [-0.2, 0) is 4.74 Å². The molecule has 1 rings (SSSR count). The average Bonchev–Trinajstić information content (AvgIpc) is 2.38. The molecule has 0 radical (unpaired) electrons. The molecule has 5 nitrogen and oxygen atoms in total. The zero-order chi connectivity index (χ0) is 12.7. The van der Waals surface area contributed by atoms with E-state index in [-0.39, 0.29) is 0 Å². The Labute approximate surface area is 102 Å². The van der Waals surface area contributed by atoms with Gasteiger partial charge in [0.15, 0.2) is 0 Å². The highest BCUT2D eigenvalue weighted by Gasteiger charge is 2.09. The van der Waals surface area contributed by atoms with Crippen LogP contribution in [0.3, 0.4) is 0 Å². The van der Waals surface area contributed by atoms with Crippen LogP contribution in [0.25, 0.3) is 0 Å². The molecule has 0 amide bonds. The summed E-state index contributed by atoms with van der Waals surface area (Å²) in [5.41, 5.74) is 1.31. The second-order valence-corrected chi connectivity index (χ2v) is 3.77. The number of anilines is 1. The van der Waals surface area contributed by atoms with Gasteiger partial charge in [0.2, 0.25) is 0 Å². The molecular weight excluding hydrogens is 218 g/mol. The molecule has 0 aliphatic carbocycles. The van der Waals surface area contributed by atoms with Crippen molar-refractivity contribution in [3.8, 4) is 0 Å². The van der Waals surface area contributed by atoms with Crippen LogP contribution in [0.5, 0.6) is 0 Å². The highest BCUT2D eigenvalue weighted by Crippen LogP contribution is 2.13. The second-order valence-electron chi connectivity index (χ2n) is 3.77. The predicted octanol–water partition coefficient (Wildman–Crippen LogP) is 0.914. The van der Waals surface area contributed by atoms with E-state index in [2.05, 4.69) is 19.9 Å². The van der Waals surface area contributed by atoms with Gasteiger partial charge >= 0.3 is 5.97 Å². The number of rotatable bonds is 6. The number of ether oxygens (including phenoxy) is 1. The van der Waals surface area contributed by atoms with E-state index in [0.29, 0.717) is 5.69 Å². The Hall–Kier alpha value is -1.62. The van der Waals surface area contributed by atoms with Crippen molar-refractivity contribution < 1.29 is 9.53 Å². The zero-order valence-electron chi connectivity index (χ0n) is 10.6. The maximum absolute atomic E-state index is 11.3. The first-order valence-corrected chi connectivity index (χ1v) is 5.59. The molecule has 5 heteroatoms. The Balaban J connectivity index is 2.67. The minimum absolute atomic E-state index is 0.338. The Morgan fingerprint density at radius 2 is 2.35 bits per heavy atom. The fraction of sp³-hybridized carbons (Fsp3) is 0.500. The third-order valence-corrected chi connectivity index (χ3v) is 2.50. The molecule has 0 bridgehead atoms. The molecular formula is C12H19N3O2. The maximum atomic E-state index is 11.3. The van der Waals surface area contributed by atoms with Gasteiger partial charge in [0.25, 0.3) is 0 Å². The van der Waals surface area contributed by atoms with E-state index in [9.17, 15) is 4.79 Å². The van der Waals surface area contributed by atoms with Crippen LogP contribution in [0.2, 0.25) is 0 Å². The third kappa shape index (κ3) is 4.03. The van der Waals surface area contributed by atoms with Gasteiger partial charge in [-0.05, 0) is 32.1 Å². The minimum atomic E-state index is -0.407. The van der Waals surface area contributed by atoms with Crippen LogP contribution in [0.4, 0.5) is 5.69 Å². The van der Waals surface area contributed by atoms with Crippen LogP contribution in [0, 0.1) is 0 Å². The van der Waals surface area contributed by atoms with E-state index in [1.165, 1.54) is 7.11 Å². The lowest BCUT2D eigenvalue weighted by Crippen LogP contribution is -2.22. The molecule has 1 N–H and O–H groups in total. The Morgan fingerprint density at radius 3 is 3.00 bits per heavy atom. The lowest BCUT2D eigenvalue weighted by molar-refractivity contribution is 0.0594. The molecule has 1 heterocycles. The van der Waals surface area contributed by atoms with Crippen LogP contribution < -0.4 is 10.2 Å². The van der Waals surface area contributed by atoms with Gasteiger partial charge in [-0.15, -0.1) is 0 Å². The van der Waals surface area contributed by atoms with E-state index in [1.54, 1.807) is 12.3 Å². The number of hydrogen-bond acceptors (Lipinski definition) is 5. The van der Waals surface area contributed by atoms with Crippen molar-refractivity contribution in [1.29, 1.82) is 0 Å². The summed E-state index contributed by atoms with van der Waals surface area (Å²) in [6.07, 6.45) is 2.67. The van der Waals surface area contributed by atoms with Gasteiger partial charge in [-0.2, -0.15) is 0 Å². The van der Waals surface area contributed by atoms with E-state index < -0.39 is 5.97 Å². The van der Waals surface area contributed by atoms with Gasteiger partial charge in [-0.25, -0.2) is 9.78 Å². The number of nitrogens with zero attached hydrogens (tertiary/aromatic N) is 2. The summed E-state index contributed by atoms with van der Waals surface area (Å²) in [6, 6.07) is 3.62. The van der Waals surface area contributed by atoms with E-state index in [1.807, 2.05) is 20.2 Å². The fourth-order valence-electron chi connectivity index (χ4n) is 1.50. The molecule has 0 unspecified atom stereocenters. The van der Waals surface area contributed by atoms with Gasteiger partial charge in [0.05, 0.1) is 7.11 Å². The smallest absolute Gasteiger partial charge is 0.356 e. The first kappa shape index (κ1) is 13.4. The number of methoxy groups -OCH3 is 1. The summed E-state index contributed by atoms with van der Waals surface area (Å²) in [5.74, 6) is -0.407. The molecule has 0 aliphatic heterocycles. The highest BCUT2D eigenvalue weighted by atomic mass is 16.5. The van der Waals surface area contributed by atoms with Gasteiger partial charge < -0.3 is 15.0 Å². The van der Waals surface area contributed by atoms with Gasteiger partial charge in [0.1, 0.15) is 5.69 Å². The van der Waals surface area contributed by atoms with Crippen molar-refractivity contribution in [2.24, 2.45) is 0 Å². The van der Waals surface area contributed by atoms with Crippen molar-refractivity contribution in [1.82, 2.24) is 10.3 Å². The second kappa shape index (κ2) is 6.85. The number of pyridine rings is 1. The number of carbonyl (C=O) groups excluding carboxylic acids is 1. The summed E-state index contributed by atoms with van der Waals surface area (Å²) in [7, 11) is 5.28. The highest BCUT2D eigenvalue weighted by molar-refractivity contribution is 5.88. The topological polar surface area (TPSA) is 54.5 Å².